The Hall–Kier alpha value is -2.34. The summed E-state index contributed by atoms with van der Waals surface area (Å²) in [4.78, 5) is 28.4. The summed E-state index contributed by atoms with van der Waals surface area (Å²) in [5.74, 6) is -0.375. The van der Waals surface area contributed by atoms with E-state index in [1.165, 1.54) is 4.90 Å². The molecule has 1 aromatic rings. The SMILES string of the molecule is CCOC(=O)C1=C(C[NH+](C(C)C)C(C)C)N(C)C(=O)N[C@@H]1c1ccccc1. The first-order chi connectivity index (χ1) is 12.8. The zero-order valence-electron chi connectivity index (χ0n) is 17.2. The Morgan fingerprint density at radius 3 is 2.30 bits per heavy atom. The van der Waals surface area contributed by atoms with Crippen LogP contribution in [0.25, 0.3) is 0 Å². The van der Waals surface area contributed by atoms with E-state index in [0.29, 0.717) is 30.8 Å². The van der Waals surface area contributed by atoms with Gasteiger partial charge in [-0.15, -0.1) is 0 Å². The van der Waals surface area contributed by atoms with Gasteiger partial charge in [-0.3, -0.25) is 4.90 Å². The van der Waals surface area contributed by atoms with Crippen LogP contribution < -0.4 is 10.2 Å². The molecule has 0 aliphatic carbocycles. The fraction of sp³-hybridized carbons (Fsp3) is 0.524. The Bertz CT molecular complexity index is 690. The average molecular weight is 375 g/mol. The van der Waals surface area contributed by atoms with E-state index in [1.807, 2.05) is 30.3 Å². The first-order valence-corrected chi connectivity index (χ1v) is 9.62. The van der Waals surface area contributed by atoms with Gasteiger partial charge in [0.1, 0.15) is 6.54 Å². The normalized spacial score (nSPS) is 17.7. The van der Waals surface area contributed by atoms with Gasteiger partial charge in [-0.1, -0.05) is 30.3 Å². The van der Waals surface area contributed by atoms with Crippen LogP contribution in [0.4, 0.5) is 4.79 Å². The number of esters is 1. The first-order valence-electron chi connectivity index (χ1n) is 9.62. The molecule has 0 aromatic heterocycles. The van der Waals surface area contributed by atoms with Crippen molar-refractivity contribution in [1.82, 2.24) is 10.2 Å². The Kier molecular flexibility index (Phi) is 7.02. The van der Waals surface area contributed by atoms with Crippen LogP contribution in [0, 0.1) is 0 Å². The van der Waals surface area contributed by atoms with Gasteiger partial charge in [0.25, 0.3) is 0 Å². The van der Waals surface area contributed by atoms with Crippen molar-refractivity contribution in [2.75, 3.05) is 20.2 Å². The molecule has 2 rings (SSSR count). The number of carbonyl (C=O) groups is 2. The Balaban J connectivity index is 2.59. The molecule has 1 atom stereocenters. The molecule has 0 radical (unpaired) electrons. The van der Waals surface area contributed by atoms with E-state index in [9.17, 15) is 9.59 Å². The smallest absolute Gasteiger partial charge is 0.338 e. The molecule has 0 saturated carbocycles. The van der Waals surface area contributed by atoms with Gasteiger partial charge in [0, 0.05) is 7.05 Å². The topological polar surface area (TPSA) is 63.1 Å². The molecule has 1 aliphatic heterocycles. The van der Waals surface area contributed by atoms with Gasteiger partial charge in [0.2, 0.25) is 0 Å². The number of benzene rings is 1. The zero-order valence-corrected chi connectivity index (χ0v) is 17.2. The third-order valence-electron chi connectivity index (χ3n) is 5.06. The number of nitrogens with one attached hydrogen (secondary N) is 2. The molecule has 0 spiro atoms. The summed E-state index contributed by atoms with van der Waals surface area (Å²) >= 11 is 0. The van der Waals surface area contributed by atoms with Crippen molar-refractivity contribution >= 4 is 12.0 Å². The van der Waals surface area contributed by atoms with Gasteiger partial charge in [-0.05, 0) is 40.2 Å². The van der Waals surface area contributed by atoms with E-state index in [-0.39, 0.29) is 12.0 Å². The molecule has 2 amide bonds. The van der Waals surface area contributed by atoms with Crippen molar-refractivity contribution in [2.45, 2.75) is 52.7 Å². The molecule has 0 fully saturated rings. The Morgan fingerprint density at radius 2 is 1.78 bits per heavy atom. The van der Waals surface area contributed by atoms with Crippen LogP contribution in [-0.2, 0) is 9.53 Å². The average Bonchev–Trinajstić information content (AvgIpc) is 2.62. The maximum absolute atomic E-state index is 12.9. The Morgan fingerprint density at radius 1 is 1.19 bits per heavy atom. The van der Waals surface area contributed by atoms with Crippen molar-refractivity contribution in [1.29, 1.82) is 0 Å². The second-order valence-electron chi connectivity index (χ2n) is 7.49. The minimum atomic E-state index is -0.510. The lowest BCUT2D eigenvalue weighted by Gasteiger charge is -2.37. The molecule has 0 unspecified atom stereocenters. The van der Waals surface area contributed by atoms with Gasteiger partial charge in [0.05, 0.1) is 36.0 Å². The van der Waals surface area contributed by atoms with Crippen LogP contribution in [0.15, 0.2) is 41.6 Å². The number of urea groups is 1. The van der Waals surface area contributed by atoms with Gasteiger partial charge in [-0.2, -0.15) is 0 Å². The third-order valence-corrected chi connectivity index (χ3v) is 5.06. The predicted octanol–water partition coefficient (Wildman–Crippen LogP) is 1.90. The van der Waals surface area contributed by atoms with Crippen molar-refractivity contribution in [3.8, 4) is 0 Å². The van der Waals surface area contributed by atoms with Crippen molar-refractivity contribution < 1.29 is 19.2 Å². The quantitative estimate of drug-likeness (QED) is 0.717. The summed E-state index contributed by atoms with van der Waals surface area (Å²) in [5.41, 5.74) is 2.11. The summed E-state index contributed by atoms with van der Waals surface area (Å²) in [6.07, 6.45) is 0. The van der Waals surface area contributed by atoms with Crippen LogP contribution >= 0.6 is 0 Å². The lowest BCUT2D eigenvalue weighted by atomic mass is 9.94. The number of carbonyl (C=O) groups excluding carboxylic acids is 2. The van der Waals surface area contributed by atoms with Crippen molar-refractivity contribution in [2.24, 2.45) is 0 Å². The van der Waals surface area contributed by atoms with Crippen LogP contribution in [0.3, 0.4) is 0 Å². The second kappa shape index (κ2) is 9.04. The number of likely N-dealkylation sites (N-methyl/N-ethyl adjacent to an activating group) is 1. The van der Waals surface area contributed by atoms with E-state index < -0.39 is 6.04 Å². The summed E-state index contributed by atoms with van der Waals surface area (Å²) in [6.45, 7) is 11.3. The molecule has 1 aliphatic rings. The van der Waals surface area contributed by atoms with E-state index in [2.05, 4.69) is 33.0 Å². The minimum absolute atomic E-state index is 0.209. The number of nitrogens with zero attached hydrogens (tertiary/aromatic N) is 1. The molecule has 0 bridgehead atoms. The van der Waals surface area contributed by atoms with Crippen molar-refractivity contribution in [3.63, 3.8) is 0 Å². The molecular weight excluding hydrogens is 342 g/mol. The molecule has 1 heterocycles. The van der Waals surface area contributed by atoms with Crippen LogP contribution in [-0.4, -0.2) is 49.2 Å². The molecule has 6 nitrogen and oxygen atoms in total. The van der Waals surface area contributed by atoms with E-state index >= 15 is 0 Å². The molecule has 148 valence electrons. The number of rotatable bonds is 7. The summed E-state index contributed by atoms with van der Waals surface area (Å²) in [5, 5.41) is 2.95. The van der Waals surface area contributed by atoms with Crippen LogP contribution in [0.2, 0.25) is 0 Å². The van der Waals surface area contributed by atoms with Gasteiger partial charge >= 0.3 is 12.0 Å². The minimum Gasteiger partial charge on any atom is -0.463 e. The molecule has 1 aromatic carbocycles. The molecule has 2 N–H and O–H groups in total. The van der Waals surface area contributed by atoms with E-state index in [4.69, 9.17) is 4.74 Å². The molecule has 27 heavy (non-hydrogen) atoms. The van der Waals surface area contributed by atoms with Gasteiger partial charge in [-0.25, -0.2) is 9.59 Å². The lowest BCUT2D eigenvalue weighted by molar-refractivity contribution is -0.938. The highest BCUT2D eigenvalue weighted by molar-refractivity contribution is 5.95. The fourth-order valence-electron chi connectivity index (χ4n) is 3.58. The fourth-order valence-corrected chi connectivity index (χ4v) is 3.58. The standard InChI is InChI=1S/C21H31N3O3/c1-7-27-20(25)18-17(13-24(14(2)3)15(4)5)23(6)21(26)22-19(18)16-11-9-8-10-12-16/h8-12,14-15,19H,7,13H2,1-6H3,(H,22,26)/p+1/t19-/m1/s1. The number of quaternary nitrogens is 1. The number of amides is 2. The highest BCUT2D eigenvalue weighted by atomic mass is 16.5. The maximum atomic E-state index is 12.9. The highest BCUT2D eigenvalue weighted by Crippen LogP contribution is 2.30. The van der Waals surface area contributed by atoms with Crippen LogP contribution in [0.5, 0.6) is 0 Å². The zero-order chi connectivity index (χ0) is 20.1. The molecule has 0 saturated heterocycles. The van der Waals surface area contributed by atoms with Gasteiger partial charge in [0.15, 0.2) is 0 Å². The maximum Gasteiger partial charge on any atom is 0.338 e. The largest absolute Gasteiger partial charge is 0.463 e. The highest BCUT2D eigenvalue weighted by Gasteiger charge is 2.38. The number of hydrogen-bond acceptors (Lipinski definition) is 3. The predicted molar refractivity (Wildman–Crippen MR) is 105 cm³/mol. The molecule has 6 heteroatoms. The second-order valence-corrected chi connectivity index (χ2v) is 7.49. The monoisotopic (exact) mass is 374 g/mol. The molecular formula is C21H32N3O3+. The summed E-state index contributed by atoms with van der Waals surface area (Å²) in [6, 6.07) is 9.56. The van der Waals surface area contributed by atoms with E-state index in [1.54, 1.807) is 18.9 Å². The Labute approximate surface area is 162 Å². The van der Waals surface area contributed by atoms with Crippen molar-refractivity contribution in [3.05, 3.63) is 47.2 Å². The van der Waals surface area contributed by atoms with E-state index in [0.717, 1.165) is 11.3 Å². The van der Waals surface area contributed by atoms with Crippen LogP contribution in [0.1, 0.15) is 46.2 Å². The number of ether oxygens (including phenoxy) is 1. The summed E-state index contributed by atoms with van der Waals surface area (Å²) in [7, 11) is 1.71. The third kappa shape index (κ3) is 4.69. The number of hydrogen-bond donors (Lipinski definition) is 2. The van der Waals surface area contributed by atoms with Gasteiger partial charge < -0.3 is 15.0 Å². The lowest BCUT2D eigenvalue weighted by Crippen LogP contribution is -3.18. The first kappa shape index (κ1) is 21.0. The summed E-state index contributed by atoms with van der Waals surface area (Å²) < 4.78 is 5.37.